The molecule has 0 aromatic heterocycles. The summed E-state index contributed by atoms with van der Waals surface area (Å²) in [6, 6.07) is 6.35. The van der Waals surface area contributed by atoms with E-state index in [1.54, 1.807) is 27.7 Å². The minimum Gasteiger partial charge on any atom is -0.483 e. The van der Waals surface area contributed by atoms with Crippen LogP contribution in [-0.2, 0) is 9.47 Å². The van der Waals surface area contributed by atoms with Gasteiger partial charge in [-0.3, -0.25) is 9.59 Å². The highest BCUT2D eigenvalue weighted by molar-refractivity contribution is 6.25. The van der Waals surface area contributed by atoms with Gasteiger partial charge in [0.2, 0.25) is 23.1 Å². The fourth-order valence-electron chi connectivity index (χ4n) is 2.14. The van der Waals surface area contributed by atoms with E-state index in [9.17, 15) is 9.59 Å². The molecule has 1 aromatic rings. The number of rotatable bonds is 4. The first-order valence-electron chi connectivity index (χ1n) is 7.06. The molecule has 0 spiro atoms. The van der Waals surface area contributed by atoms with E-state index in [4.69, 9.17) is 14.7 Å². The van der Waals surface area contributed by atoms with E-state index in [0.717, 1.165) is 0 Å². The Balaban J connectivity index is 2.60. The first-order valence-corrected chi connectivity index (χ1v) is 7.06. The second kappa shape index (κ2) is 6.02. The number of ether oxygens (including phenoxy) is 2. The van der Waals surface area contributed by atoms with Crippen molar-refractivity contribution >= 4 is 11.6 Å². The maximum Gasteiger partial charge on any atom is 0.232 e. The molecule has 0 fully saturated rings. The second-order valence-electron chi connectivity index (χ2n) is 5.52. The molecule has 0 aliphatic heterocycles. The predicted molar refractivity (Wildman–Crippen MR) is 79.3 cm³/mol. The van der Waals surface area contributed by atoms with Crippen molar-refractivity contribution in [3.8, 4) is 6.07 Å². The van der Waals surface area contributed by atoms with Crippen LogP contribution in [0.15, 0.2) is 29.7 Å². The second-order valence-corrected chi connectivity index (χ2v) is 5.52. The molecule has 0 atom stereocenters. The average Bonchev–Trinajstić information content (AvgIpc) is 2.47. The van der Waals surface area contributed by atoms with E-state index in [0.29, 0.717) is 5.56 Å². The molecule has 1 aromatic carbocycles. The zero-order chi connectivity index (χ0) is 16.4. The SMILES string of the molecule is CC(C)OC1=C(OC(C)C)C(=O)c2cc(C#N)ccc2C1=O. The Morgan fingerprint density at radius 3 is 1.86 bits per heavy atom. The van der Waals surface area contributed by atoms with Crippen LogP contribution >= 0.6 is 0 Å². The van der Waals surface area contributed by atoms with Crippen LogP contribution in [0.25, 0.3) is 0 Å². The highest BCUT2D eigenvalue weighted by Gasteiger charge is 2.36. The summed E-state index contributed by atoms with van der Waals surface area (Å²) < 4.78 is 11.0. The lowest BCUT2D eigenvalue weighted by Crippen LogP contribution is -2.27. The van der Waals surface area contributed by atoms with Crippen LogP contribution in [0.1, 0.15) is 54.0 Å². The molecule has 0 heterocycles. The smallest absolute Gasteiger partial charge is 0.232 e. The molecular weight excluding hydrogens is 282 g/mol. The molecule has 5 nitrogen and oxygen atoms in total. The number of allylic oxidation sites excluding steroid dienone is 2. The molecule has 0 saturated carbocycles. The van der Waals surface area contributed by atoms with Crippen molar-refractivity contribution in [1.82, 2.24) is 0 Å². The molecular formula is C17H17NO4. The van der Waals surface area contributed by atoms with Gasteiger partial charge in [-0.25, -0.2) is 0 Å². The first kappa shape index (κ1) is 15.8. The highest BCUT2D eigenvalue weighted by atomic mass is 16.5. The van der Waals surface area contributed by atoms with Gasteiger partial charge in [0.1, 0.15) is 0 Å². The maximum atomic E-state index is 12.6. The molecule has 114 valence electrons. The summed E-state index contributed by atoms with van der Waals surface area (Å²) in [4.78, 5) is 25.2. The summed E-state index contributed by atoms with van der Waals surface area (Å²) >= 11 is 0. The molecule has 22 heavy (non-hydrogen) atoms. The number of hydrogen-bond donors (Lipinski definition) is 0. The summed E-state index contributed by atoms with van der Waals surface area (Å²) in [5.74, 6) is -0.985. The van der Waals surface area contributed by atoms with Crippen molar-refractivity contribution in [2.45, 2.75) is 39.9 Å². The van der Waals surface area contributed by atoms with Crippen molar-refractivity contribution in [3.63, 3.8) is 0 Å². The Morgan fingerprint density at radius 2 is 1.41 bits per heavy atom. The van der Waals surface area contributed by atoms with Gasteiger partial charge in [0, 0.05) is 11.1 Å². The monoisotopic (exact) mass is 299 g/mol. The summed E-state index contributed by atoms with van der Waals surface area (Å²) in [7, 11) is 0. The van der Waals surface area contributed by atoms with Gasteiger partial charge in [-0.1, -0.05) is 0 Å². The van der Waals surface area contributed by atoms with Crippen LogP contribution in [0, 0.1) is 11.3 Å². The molecule has 0 saturated heterocycles. The number of ketones is 2. The Kier molecular flexibility index (Phi) is 4.32. The quantitative estimate of drug-likeness (QED) is 0.854. The molecule has 2 rings (SSSR count). The van der Waals surface area contributed by atoms with Gasteiger partial charge in [0.15, 0.2) is 0 Å². The minimum absolute atomic E-state index is 0.0640. The van der Waals surface area contributed by atoms with Crippen LogP contribution < -0.4 is 0 Å². The van der Waals surface area contributed by atoms with Gasteiger partial charge in [-0.2, -0.15) is 5.26 Å². The van der Waals surface area contributed by atoms with E-state index in [1.807, 2.05) is 6.07 Å². The summed E-state index contributed by atoms with van der Waals surface area (Å²) in [5, 5.41) is 8.96. The molecule has 0 N–H and O–H groups in total. The number of nitrogens with zero attached hydrogens (tertiary/aromatic N) is 1. The Morgan fingerprint density at radius 1 is 0.909 bits per heavy atom. The number of carbonyl (C=O) groups is 2. The number of carbonyl (C=O) groups excluding carboxylic acids is 2. The fraction of sp³-hybridized carbons (Fsp3) is 0.353. The molecule has 0 amide bonds. The molecule has 1 aliphatic rings. The maximum absolute atomic E-state index is 12.6. The third-order valence-corrected chi connectivity index (χ3v) is 2.96. The van der Waals surface area contributed by atoms with Gasteiger partial charge < -0.3 is 9.47 Å². The fourth-order valence-corrected chi connectivity index (χ4v) is 2.14. The van der Waals surface area contributed by atoms with Crippen molar-refractivity contribution in [1.29, 1.82) is 5.26 Å². The molecule has 0 radical (unpaired) electrons. The van der Waals surface area contributed by atoms with Gasteiger partial charge in [-0.15, -0.1) is 0 Å². The van der Waals surface area contributed by atoms with E-state index >= 15 is 0 Å². The lowest BCUT2D eigenvalue weighted by Gasteiger charge is -2.24. The Labute approximate surface area is 129 Å². The molecule has 1 aliphatic carbocycles. The average molecular weight is 299 g/mol. The lowest BCUT2D eigenvalue weighted by atomic mass is 9.90. The molecule has 0 bridgehead atoms. The van der Waals surface area contributed by atoms with Crippen molar-refractivity contribution in [2.75, 3.05) is 0 Å². The van der Waals surface area contributed by atoms with Crippen LogP contribution in [0.4, 0.5) is 0 Å². The summed E-state index contributed by atoms with van der Waals surface area (Å²) in [6.45, 7) is 7.07. The topological polar surface area (TPSA) is 76.4 Å². The number of Topliss-reactive ketones (excluding diaryl/α,β-unsaturated/α-hetero) is 2. The standard InChI is InChI=1S/C17H17NO4/c1-9(2)21-16-14(19)12-6-5-11(8-18)7-13(12)15(20)17(16)22-10(3)4/h5-7,9-10H,1-4H3. The minimum atomic E-state index is -0.434. The third kappa shape index (κ3) is 2.86. The van der Waals surface area contributed by atoms with Crippen molar-refractivity contribution in [2.24, 2.45) is 0 Å². The molecule has 5 heteroatoms. The molecule has 0 unspecified atom stereocenters. The first-order chi connectivity index (χ1) is 10.3. The number of benzene rings is 1. The van der Waals surface area contributed by atoms with Gasteiger partial charge in [0.25, 0.3) is 0 Å². The normalized spacial score (nSPS) is 14.2. The number of fused-ring (bicyclic) bond motifs is 1. The highest BCUT2D eigenvalue weighted by Crippen LogP contribution is 2.29. The summed E-state index contributed by atoms with van der Waals surface area (Å²) in [5.41, 5.74) is 0.726. The van der Waals surface area contributed by atoms with Crippen LogP contribution in [-0.4, -0.2) is 23.8 Å². The third-order valence-electron chi connectivity index (χ3n) is 2.96. The predicted octanol–water partition coefficient (Wildman–Crippen LogP) is 3.00. The zero-order valence-electron chi connectivity index (χ0n) is 13.0. The van der Waals surface area contributed by atoms with Gasteiger partial charge in [-0.05, 0) is 45.9 Å². The zero-order valence-corrected chi connectivity index (χ0v) is 13.0. The van der Waals surface area contributed by atoms with Crippen LogP contribution in [0.5, 0.6) is 0 Å². The summed E-state index contributed by atoms with van der Waals surface area (Å²) in [6.07, 6.45) is -0.546. The Bertz CT molecular complexity index is 708. The lowest BCUT2D eigenvalue weighted by molar-refractivity contribution is 0.0594. The van der Waals surface area contributed by atoms with E-state index in [2.05, 4.69) is 0 Å². The van der Waals surface area contributed by atoms with E-state index in [-0.39, 0.29) is 34.9 Å². The van der Waals surface area contributed by atoms with Crippen molar-refractivity contribution in [3.05, 3.63) is 46.4 Å². The van der Waals surface area contributed by atoms with Crippen LogP contribution in [0.2, 0.25) is 0 Å². The number of nitriles is 1. The number of hydrogen-bond acceptors (Lipinski definition) is 5. The van der Waals surface area contributed by atoms with Gasteiger partial charge >= 0.3 is 0 Å². The van der Waals surface area contributed by atoms with Crippen molar-refractivity contribution < 1.29 is 19.1 Å². The van der Waals surface area contributed by atoms with Crippen LogP contribution in [0.3, 0.4) is 0 Å². The Hall–Kier alpha value is -2.61. The van der Waals surface area contributed by atoms with Gasteiger partial charge in [0.05, 0.1) is 23.8 Å². The van der Waals surface area contributed by atoms with E-state index < -0.39 is 11.6 Å². The van der Waals surface area contributed by atoms with E-state index in [1.165, 1.54) is 18.2 Å². The largest absolute Gasteiger partial charge is 0.483 e.